The van der Waals surface area contributed by atoms with E-state index in [-0.39, 0.29) is 18.9 Å². The normalized spacial score (nSPS) is 24.0. The second-order valence-electron chi connectivity index (χ2n) is 4.81. The van der Waals surface area contributed by atoms with Crippen molar-refractivity contribution in [2.75, 3.05) is 12.4 Å². The lowest BCUT2D eigenvalue weighted by atomic mass is 9.94. The van der Waals surface area contributed by atoms with Crippen LogP contribution in [0, 0.1) is 5.92 Å². The van der Waals surface area contributed by atoms with E-state index in [4.69, 9.17) is 4.74 Å². The van der Waals surface area contributed by atoms with Gasteiger partial charge in [-0.05, 0) is 18.8 Å². The Bertz CT molecular complexity index is 588. The first kappa shape index (κ1) is 16.1. The summed E-state index contributed by atoms with van der Waals surface area (Å²) < 4.78 is 74.7. The molecular weight excluding hydrogens is 313 g/mol. The summed E-state index contributed by atoms with van der Waals surface area (Å²) in [4.78, 5) is 6.46. The Morgan fingerprint density at radius 3 is 2.48 bits per heavy atom. The van der Waals surface area contributed by atoms with Gasteiger partial charge < -0.3 is 9.29 Å². The predicted molar refractivity (Wildman–Crippen MR) is 63.0 cm³/mol. The molecule has 0 radical (unpaired) electrons. The molecule has 21 heavy (non-hydrogen) atoms. The quantitative estimate of drug-likeness (QED) is 0.782. The molecule has 1 aromatic rings. The smallest absolute Gasteiger partial charge is 0.451 e. The monoisotopic (exact) mass is 325 g/mol. The summed E-state index contributed by atoms with van der Waals surface area (Å²) >= 11 is 0. The molecule has 0 aromatic carbocycles. The Balaban J connectivity index is 2.08. The minimum Gasteiger partial charge on any atom is -0.748 e. The van der Waals surface area contributed by atoms with Crippen molar-refractivity contribution in [3.63, 3.8) is 0 Å². The molecule has 1 aliphatic heterocycles. The fourth-order valence-electron chi connectivity index (χ4n) is 2.19. The van der Waals surface area contributed by atoms with Crippen molar-refractivity contribution in [3.05, 3.63) is 23.8 Å². The second-order valence-corrected chi connectivity index (χ2v) is 6.26. The van der Waals surface area contributed by atoms with Crippen molar-refractivity contribution >= 4 is 10.1 Å². The summed E-state index contributed by atoms with van der Waals surface area (Å²) in [6.45, 7) is 0.228. The molecular formula is C11H12F3N2O4S-. The van der Waals surface area contributed by atoms with Crippen LogP contribution in [0.1, 0.15) is 30.3 Å². The minimum atomic E-state index is -4.62. The van der Waals surface area contributed by atoms with Gasteiger partial charge in [-0.25, -0.2) is 18.4 Å². The van der Waals surface area contributed by atoms with Crippen LogP contribution in [0.2, 0.25) is 0 Å². The van der Waals surface area contributed by atoms with Gasteiger partial charge >= 0.3 is 6.18 Å². The molecule has 0 bridgehead atoms. The molecule has 1 fully saturated rings. The van der Waals surface area contributed by atoms with Crippen LogP contribution in [0.25, 0.3) is 0 Å². The number of rotatable bonds is 3. The lowest BCUT2D eigenvalue weighted by Gasteiger charge is -2.30. The first-order valence-corrected chi connectivity index (χ1v) is 7.67. The molecule has 0 saturated carbocycles. The van der Waals surface area contributed by atoms with E-state index in [0.717, 1.165) is 12.4 Å². The number of nitrogens with zero attached hydrogens (tertiary/aromatic N) is 2. The summed E-state index contributed by atoms with van der Waals surface area (Å²) in [5.74, 6) is -2.14. The van der Waals surface area contributed by atoms with Crippen LogP contribution in [0.5, 0.6) is 0 Å². The van der Waals surface area contributed by atoms with Crippen molar-refractivity contribution in [2.24, 2.45) is 5.92 Å². The van der Waals surface area contributed by atoms with Crippen LogP contribution < -0.4 is 0 Å². The fraction of sp³-hybridized carbons (Fsp3) is 0.636. The van der Waals surface area contributed by atoms with Crippen molar-refractivity contribution in [1.29, 1.82) is 0 Å². The highest BCUT2D eigenvalue weighted by Crippen LogP contribution is 2.32. The van der Waals surface area contributed by atoms with E-state index in [1.54, 1.807) is 0 Å². The fourth-order valence-corrected chi connectivity index (χ4v) is 3.07. The zero-order valence-corrected chi connectivity index (χ0v) is 11.5. The molecule has 2 atom stereocenters. The summed E-state index contributed by atoms with van der Waals surface area (Å²) in [6, 6.07) is 0. The lowest BCUT2D eigenvalue weighted by molar-refractivity contribution is -0.145. The number of hydrogen-bond acceptors (Lipinski definition) is 6. The van der Waals surface area contributed by atoms with Crippen LogP contribution >= 0.6 is 0 Å². The first-order chi connectivity index (χ1) is 9.65. The highest BCUT2D eigenvalue weighted by atomic mass is 32.2. The van der Waals surface area contributed by atoms with Gasteiger partial charge in [0.15, 0.2) is 0 Å². The van der Waals surface area contributed by atoms with Crippen molar-refractivity contribution in [2.45, 2.75) is 25.1 Å². The summed E-state index contributed by atoms with van der Waals surface area (Å²) in [5.41, 5.74) is 0.330. The van der Waals surface area contributed by atoms with E-state index in [1.807, 2.05) is 0 Å². The van der Waals surface area contributed by atoms with Gasteiger partial charge in [-0.3, -0.25) is 0 Å². The number of hydrogen-bond donors (Lipinski definition) is 0. The van der Waals surface area contributed by atoms with Gasteiger partial charge in [-0.15, -0.1) is 0 Å². The van der Waals surface area contributed by atoms with E-state index in [9.17, 15) is 26.1 Å². The number of halogens is 3. The van der Waals surface area contributed by atoms with Crippen molar-refractivity contribution in [1.82, 2.24) is 9.97 Å². The zero-order chi connectivity index (χ0) is 15.7. The lowest BCUT2D eigenvalue weighted by Crippen LogP contribution is -2.26. The van der Waals surface area contributed by atoms with E-state index >= 15 is 0 Å². The summed E-state index contributed by atoms with van der Waals surface area (Å²) in [7, 11) is -4.34. The molecule has 1 aliphatic rings. The molecule has 1 saturated heterocycles. The van der Waals surface area contributed by atoms with Gasteiger partial charge in [0.1, 0.15) is 0 Å². The molecule has 0 amide bonds. The molecule has 0 aliphatic carbocycles. The Labute approximate surface area is 119 Å². The molecule has 2 heterocycles. The average molecular weight is 325 g/mol. The molecule has 6 nitrogen and oxygen atoms in total. The molecule has 0 N–H and O–H groups in total. The maximum absolute atomic E-state index is 12.4. The van der Waals surface area contributed by atoms with Gasteiger partial charge in [0.05, 0.1) is 16.2 Å². The van der Waals surface area contributed by atoms with Crippen molar-refractivity contribution < 1.29 is 30.9 Å². The number of alkyl halides is 3. The third-order valence-electron chi connectivity index (χ3n) is 3.13. The molecule has 10 heteroatoms. The zero-order valence-electron chi connectivity index (χ0n) is 10.7. The van der Waals surface area contributed by atoms with Gasteiger partial charge in [0, 0.05) is 30.3 Å². The Morgan fingerprint density at radius 1 is 1.33 bits per heavy atom. The standard InChI is InChI=1S/C11H13F3N2O4S/c12-11(13,14)10-15-4-8(5-16-10)9-3-7(1-2-20-9)6-21(17,18)19/h4-5,7,9H,1-3,6H2,(H,17,18,19)/p-1. The Hall–Kier alpha value is -1.26. The van der Waals surface area contributed by atoms with E-state index < -0.39 is 34.0 Å². The van der Waals surface area contributed by atoms with E-state index in [0.29, 0.717) is 12.0 Å². The number of ether oxygens (including phenoxy) is 1. The first-order valence-electron chi connectivity index (χ1n) is 6.09. The molecule has 0 spiro atoms. The van der Waals surface area contributed by atoms with Crippen molar-refractivity contribution in [3.8, 4) is 0 Å². The van der Waals surface area contributed by atoms with Gasteiger partial charge in [0.25, 0.3) is 0 Å². The highest BCUT2D eigenvalue weighted by molar-refractivity contribution is 7.85. The molecule has 118 valence electrons. The number of aromatic nitrogens is 2. The average Bonchev–Trinajstić information content (AvgIpc) is 2.36. The largest absolute Gasteiger partial charge is 0.748 e. The summed E-state index contributed by atoms with van der Waals surface area (Å²) in [6.07, 6.45) is -2.56. The highest BCUT2D eigenvalue weighted by Gasteiger charge is 2.35. The summed E-state index contributed by atoms with van der Waals surface area (Å²) in [5, 5.41) is 0. The minimum absolute atomic E-state index is 0.228. The topological polar surface area (TPSA) is 92.2 Å². The van der Waals surface area contributed by atoms with Gasteiger partial charge in [-0.1, -0.05) is 0 Å². The van der Waals surface area contributed by atoms with Crippen LogP contribution in [-0.2, 0) is 21.0 Å². The van der Waals surface area contributed by atoms with Gasteiger partial charge in [0.2, 0.25) is 5.82 Å². The van der Waals surface area contributed by atoms with Crippen LogP contribution in [0.4, 0.5) is 13.2 Å². The van der Waals surface area contributed by atoms with Crippen LogP contribution in [0.3, 0.4) is 0 Å². The maximum atomic E-state index is 12.4. The Kier molecular flexibility index (Phi) is 4.49. The van der Waals surface area contributed by atoms with E-state index in [2.05, 4.69) is 9.97 Å². The second kappa shape index (κ2) is 5.85. The predicted octanol–water partition coefficient (Wildman–Crippen LogP) is 1.51. The van der Waals surface area contributed by atoms with Crippen LogP contribution in [-0.4, -0.2) is 35.3 Å². The van der Waals surface area contributed by atoms with Gasteiger partial charge in [-0.2, -0.15) is 13.2 Å². The molecule has 2 rings (SSSR count). The third-order valence-corrected chi connectivity index (χ3v) is 4.01. The molecule has 1 aromatic heterocycles. The van der Waals surface area contributed by atoms with Crippen LogP contribution in [0.15, 0.2) is 12.4 Å². The Morgan fingerprint density at radius 2 is 1.95 bits per heavy atom. The molecule has 2 unspecified atom stereocenters. The SMILES string of the molecule is O=S(=O)([O-])CC1CCOC(c2cnc(C(F)(F)F)nc2)C1. The maximum Gasteiger partial charge on any atom is 0.451 e. The van der Waals surface area contributed by atoms with E-state index in [1.165, 1.54) is 0 Å². The third kappa shape index (κ3) is 4.61.